The molecule has 0 rings (SSSR count). The largest absolute Gasteiger partial charge is 0.459 e. The zero-order valence-corrected chi connectivity index (χ0v) is 16.8. The molecule has 156 valence electrons. The first-order chi connectivity index (χ1) is 12.1. The van der Waals surface area contributed by atoms with Crippen LogP contribution in [0, 0.1) is 11.3 Å². The van der Waals surface area contributed by atoms with Crippen molar-refractivity contribution < 1.29 is 27.8 Å². The molecule has 0 bridgehead atoms. The van der Waals surface area contributed by atoms with Crippen molar-refractivity contribution in [3.63, 3.8) is 0 Å². The third-order valence-electron chi connectivity index (χ3n) is 4.40. The van der Waals surface area contributed by atoms with Crippen molar-refractivity contribution in [2.24, 2.45) is 11.3 Å². The van der Waals surface area contributed by atoms with Crippen LogP contribution in [0.5, 0.6) is 0 Å². The Morgan fingerprint density at radius 3 is 1.96 bits per heavy atom. The summed E-state index contributed by atoms with van der Waals surface area (Å²) in [6, 6.07) is -1.64. The molecule has 0 aromatic carbocycles. The van der Waals surface area contributed by atoms with Crippen LogP contribution in [0.3, 0.4) is 0 Å². The SMILES string of the molecule is CC(C)[C@H](N[C@@H](CCCCCO)C(CF)(CF)CF)C(=O)OC(C)(C)C. The highest BCUT2D eigenvalue weighted by Gasteiger charge is 2.42. The molecule has 0 unspecified atom stereocenters. The molecule has 0 saturated heterocycles. The topological polar surface area (TPSA) is 58.6 Å². The van der Waals surface area contributed by atoms with Gasteiger partial charge in [0.1, 0.15) is 31.7 Å². The third-order valence-corrected chi connectivity index (χ3v) is 4.40. The second-order valence-corrected chi connectivity index (χ2v) is 8.31. The van der Waals surface area contributed by atoms with Crippen molar-refractivity contribution in [1.29, 1.82) is 0 Å². The smallest absolute Gasteiger partial charge is 0.323 e. The van der Waals surface area contributed by atoms with Gasteiger partial charge in [-0.2, -0.15) is 0 Å². The summed E-state index contributed by atoms with van der Waals surface area (Å²) in [7, 11) is 0. The Kier molecular flexibility index (Phi) is 11.4. The van der Waals surface area contributed by atoms with Gasteiger partial charge in [0.05, 0.1) is 5.41 Å². The molecule has 0 amide bonds. The van der Waals surface area contributed by atoms with Crippen molar-refractivity contribution in [2.45, 2.75) is 78.0 Å². The number of unbranched alkanes of at least 4 members (excludes halogenated alkanes) is 2. The van der Waals surface area contributed by atoms with Crippen LogP contribution in [0.15, 0.2) is 0 Å². The lowest BCUT2D eigenvalue weighted by Gasteiger charge is -2.38. The number of rotatable bonds is 13. The molecule has 0 fully saturated rings. The first kappa shape index (κ1) is 25.2. The fraction of sp³-hybridized carbons (Fsp3) is 0.947. The maximum Gasteiger partial charge on any atom is 0.323 e. The average molecular weight is 383 g/mol. The second kappa shape index (κ2) is 11.8. The minimum absolute atomic E-state index is 0.0328. The molecule has 4 nitrogen and oxygen atoms in total. The van der Waals surface area contributed by atoms with E-state index < -0.39 is 49.1 Å². The Labute approximate surface area is 155 Å². The van der Waals surface area contributed by atoms with Crippen LogP contribution >= 0.6 is 0 Å². The van der Waals surface area contributed by atoms with E-state index in [1.165, 1.54) is 0 Å². The van der Waals surface area contributed by atoms with Crippen molar-refractivity contribution in [3.8, 4) is 0 Å². The zero-order chi connectivity index (χ0) is 20.4. The number of carbonyl (C=O) groups is 1. The van der Waals surface area contributed by atoms with Crippen LogP contribution in [-0.2, 0) is 9.53 Å². The minimum Gasteiger partial charge on any atom is -0.459 e. The molecule has 0 aromatic rings. The van der Waals surface area contributed by atoms with Gasteiger partial charge >= 0.3 is 5.97 Å². The minimum atomic E-state index is -1.81. The highest BCUT2D eigenvalue weighted by atomic mass is 19.1. The van der Waals surface area contributed by atoms with E-state index in [-0.39, 0.29) is 12.5 Å². The highest BCUT2D eigenvalue weighted by molar-refractivity contribution is 5.76. The van der Waals surface area contributed by atoms with Crippen LogP contribution in [-0.4, -0.2) is 55.4 Å². The summed E-state index contributed by atoms with van der Waals surface area (Å²) >= 11 is 0. The average Bonchev–Trinajstić information content (AvgIpc) is 2.55. The molecule has 0 spiro atoms. The maximum atomic E-state index is 13.6. The lowest BCUT2D eigenvalue weighted by Crippen LogP contribution is -2.57. The molecule has 0 aromatic heterocycles. The number of hydrogen-bond donors (Lipinski definition) is 2. The summed E-state index contributed by atoms with van der Waals surface area (Å²) in [6.07, 6.45) is 2.11. The van der Waals surface area contributed by atoms with E-state index in [4.69, 9.17) is 9.84 Å². The Hall–Kier alpha value is -0.820. The third kappa shape index (κ3) is 8.25. The standard InChI is InChI=1S/C19H36F3NO3/c1-14(2)16(17(25)26-18(3,4)5)23-15(9-7-6-8-10-24)19(11-20,12-21)13-22/h14-16,23-24H,6-13H2,1-5H3/t15-,16-/m0/s1. The van der Waals surface area contributed by atoms with Crippen LogP contribution in [0.25, 0.3) is 0 Å². The number of hydrogen-bond acceptors (Lipinski definition) is 4. The number of aliphatic hydroxyl groups is 1. The number of aliphatic hydroxyl groups excluding tert-OH is 1. The van der Waals surface area contributed by atoms with Crippen LogP contribution in [0.1, 0.15) is 60.3 Å². The van der Waals surface area contributed by atoms with Crippen molar-refractivity contribution in [1.82, 2.24) is 5.32 Å². The van der Waals surface area contributed by atoms with Gasteiger partial charge in [0.15, 0.2) is 0 Å². The molecule has 2 atom stereocenters. The molecule has 26 heavy (non-hydrogen) atoms. The van der Waals surface area contributed by atoms with E-state index in [2.05, 4.69) is 5.32 Å². The van der Waals surface area contributed by atoms with Crippen LogP contribution < -0.4 is 5.32 Å². The van der Waals surface area contributed by atoms with Gasteiger partial charge in [-0.15, -0.1) is 0 Å². The quantitative estimate of drug-likeness (QED) is 0.376. The molecule has 0 aliphatic rings. The molecule has 2 N–H and O–H groups in total. The van der Waals surface area contributed by atoms with Gasteiger partial charge < -0.3 is 15.2 Å². The monoisotopic (exact) mass is 383 g/mol. The van der Waals surface area contributed by atoms with Gasteiger partial charge in [0.2, 0.25) is 0 Å². The predicted molar refractivity (Wildman–Crippen MR) is 97.3 cm³/mol. The van der Waals surface area contributed by atoms with E-state index >= 15 is 0 Å². The zero-order valence-electron chi connectivity index (χ0n) is 16.8. The van der Waals surface area contributed by atoms with Gasteiger partial charge in [-0.05, 0) is 39.5 Å². The highest BCUT2D eigenvalue weighted by Crippen LogP contribution is 2.30. The molecule has 7 heteroatoms. The number of nitrogens with one attached hydrogen (secondary N) is 1. The van der Waals surface area contributed by atoms with Crippen molar-refractivity contribution in [3.05, 3.63) is 0 Å². The Balaban J connectivity index is 5.39. The molecular weight excluding hydrogens is 347 g/mol. The molecule has 0 aliphatic carbocycles. The lowest BCUT2D eigenvalue weighted by molar-refractivity contribution is -0.159. The Bertz CT molecular complexity index is 388. The Morgan fingerprint density at radius 2 is 1.58 bits per heavy atom. The summed E-state index contributed by atoms with van der Waals surface area (Å²) in [5.41, 5.74) is -2.51. The van der Waals surface area contributed by atoms with Crippen LogP contribution in [0.4, 0.5) is 13.2 Å². The molecular formula is C19H36F3NO3. The van der Waals surface area contributed by atoms with Crippen molar-refractivity contribution in [2.75, 3.05) is 26.6 Å². The number of esters is 1. The second-order valence-electron chi connectivity index (χ2n) is 8.31. The fourth-order valence-corrected chi connectivity index (χ4v) is 2.70. The van der Waals surface area contributed by atoms with Gasteiger partial charge in [-0.25, -0.2) is 0 Å². The summed E-state index contributed by atoms with van der Waals surface area (Å²) < 4.78 is 46.2. The van der Waals surface area contributed by atoms with E-state index in [0.29, 0.717) is 25.7 Å². The molecule has 0 heterocycles. The van der Waals surface area contributed by atoms with E-state index in [9.17, 15) is 18.0 Å². The van der Waals surface area contributed by atoms with Gasteiger partial charge in [0, 0.05) is 12.6 Å². The number of ether oxygens (including phenoxy) is 1. The van der Waals surface area contributed by atoms with Gasteiger partial charge in [-0.3, -0.25) is 18.0 Å². The predicted octanol–water partition coefficient (Wildman–Crippen LogP) is 3.76. The summed E-state index contributed by atoms with van der Waals surface area (Å²) in [6.45, 7) is 5.38. The first-order valence-electron chi connectivity index (χ1n) is 9.34. The number of halogens is 3. The van der Waals surface area contributed by atoms with Crippen LogP contribution in [0.2, 0.25) is 0 Å². The molecule has 0 radical (unpaired) electrons. The van der Waals surface area contributed by atoms with Gasteiger partial charge in [0.25, 0.3) is 0 Å². The van der Waals surface area contributed by atoms with Gasteiger partial charge in [-0.1, -0.05) is 26.7 Å². The normalized spacial score (nSPS) is 15.2. The number of carbonyl (C=O) groups excluding carboxylic acids is 1. The lowest BCUT2D eigenvalue weighted by atomic mass is 9.80. The fourth-order valence-electron chi connectivity index (χ4n) is 2.70. The summed E-state index contributed by atoms with van der Waals surface area (Å²) in [4.78, 5) is 12.5. The summed E-state index contributed by atoms with van der Waals surface area (Å²) in [5, 5.41) is 11.9. The van der Waals surface area contributed by atoms with E-state index in [0.717, 1.165) is 0 Å². The van der Waals surface area contributed by atoms with E-state index in [1.807, 2.05) is 0 Å². The first-order valence-corrected chi connectivity index (χ1v) is 9.34. The molecule has 0 aliphatic heterocycles. The Morgan fingerprint density at radius 1 is 1.04 bits per heavy atom. The maximum absolute atomic E-state index is 13.6. The van der Waals surface area contributed by atoms with E-state index in [1.54, 1.807) is 34.6 Å². The number of alkyl halides is 3. The van der Waals surface area contributed by atoms with Crippen molar-refractivity contribution >= 4 is 5.97 Å². The summed E-state index contributed by atoms with van der Waals surface area (Å²) in [5.74, 6) is -0.709. The molecule has 0 saturated carbocycles.